The van der Waals surface area contributed by atoms with Crippen molar-refractivity contribution in [3.05, 3.63) is 42.1 Å². The van der Waals surface area contributed by atoms with Crippen molar-refractivity contribution in [2.45, 2.75) is 44.2 Å². The number of aromatic hydroxyl groups is 1. The Balaban J connectivity index is 1.68. The number of fused-ring (bicyclic) bond motifs is 1. The van der Waals surface area contributed by atoms with Crippen molar-refractivity contribution in [3.63, 3.8) is 0 Å². The lowest BCUT2D eigenvalue weighted by atomic mass is 9.87. The van der Waals surface area contributed by atoms with E-state index < -0.39 is 18.0 Å². The Morgan fingerprint density at radius 3 is 2.93 bits per heavy atom. The highest BCUT2D eigenvalue weighted by Crippen LogP contribution is 2.36. The Kier molecular flexibility index (Phi) is 4.58. The summed E-state index contributed by atoms with van der Waals surface area (Å²) in [5, 5.41) is 17.7. The number of aromatic nitrogens is 2. The van der Waals surface area contributed by atoms with Gasteiger partial charge in [0.1, 0.15) is 11.6 Å². The third kappa shape index (κ3) is 3.47. The van der Waals surface area contributed by atoms with Gasteiger partial charge in [-0.25, -0.2) is 13.8 Å². The standard InChI is InChI=1S/C20H23F2N5O/c1-11-4-2-5-13(8-11)25-18-16-12(10-24-19(16)28)9-15(27-18)26-14-6-3-7-20(21,22)17(14)23/h2,4-5,8-10,14,17,24,26,28H,3,6-7,23H2,1H3,(H,25,27)/t14?,17-/m1/s1. The number of rotatable bonds is 4. The summed E-state index contributed by atoms with van der Waals surface area (Å²) in [6.07, 6.45) is 2.41. The molecule has 1 aromatic carbocycles. The van der Waals surface area contributed by atoms with Crippen molar-refractivity contribution in [1.29, 1.82) is 0 Å². The van der Waals surface area contributed by atoms with Crippen LogP contribution in [-0.4, -0.2) is 33.1 Å². The second-order valence-corrected chi connectivity index (χ2v) is 7.38. The van der Waals surface area contributed by atoms with Crippen molar-refractivity contribution >= 4 is 28.1 Å². The van der Waals surface area contributed by atoms with Crippen LogP contribution in [0.25, 0.3) is 10.8 Å². The normalized spacial score (nSPS) is 21.6. The maximum Gasteiger partial charge on any atom is 0.264 e. The van der Waals surface area contributed by atoms with E-state index in [2.05, 4.69) is 20.6 Å². The summed E-state index contributed by atoms with van der Waals surface area (Å²) in [5.74, 6) is -2.04. The molecular formula is C20H23F2N5O. The number of anilines is 3. The number of nitrogens with one attached hydrogen (secondary N) is 3. The fraction of sp³-hybridized carbons (Fsp3) is 0.350. The highest BCUT2D eigenvalue weighted by molar-refractivity contribution is 5.99. The van der Waals surface area contributed by atoms with Crippen LogP contribution in [0.2, 0.25) is 0 Å². The molecule has 28 heavy (non-hydrogen) atoms. The number of nitrogens with zero attached hydrogens (tertiary/aromatic N) is 1. The number of aromatic amines is 1. The first-order valence-electron chi connectivity index (χ1n) is 9.28. The van der Waals surface area contributed by atoms with Gasteiger partial charge in [0, 0.05) is 29.7 Å². The molecule has 0 amide bonds. The number of alkyl halides is 2. The summed E-state index contributed by atoms with van der Waals surface area (Å²) in [6.45, 7) is 1.98. The predicted octanol–water partition coefficient (Wildman–Crippen LogP) is 4.25. The third-order valence-electron chi connectivity index (χ3n) is 5.21. The summed E-state index contributed by atoms with van der Waals surface area (Å²) < 4.78 is 28.0. The molecule has 2 atom stereocenters. The van der Waals surface area contributed by atoms with Crippen LogP contribution < -0.4 is 16.4 Å². The number of benzene rings is 1. The lowest BCUT2D eigenvalue weighted by Gasteiger charge is -2.36. The molecule has 148 valence electrons. The Morgan fingerprint density at radius 2 is 2.14 bits per heavy atom. The van der Waals surface area contributed by atoms with Gasteiger partial charge >= 0.3 is 0 Å². The fourth-order valence-corrected chi connectivity index (χ4v) is 3.72. The molecule has 3 aromatic rings. The Hall–Kier alpha value is -2.87. The van der Waals surface area contributed by atoms with Crippen LogP contribution in [0, 0.1) is 6.92 Å². The molecule has 2 aromatic heterocycles. The average Bonchev–Trinajstić information content (AvgIpc) is 3.00. The van der Waals surface area contributed by atoms with Gasteiger partial charge < -0.3 is 26.5 Å². The minimum atomic E-state index is -2.89. The molecule has 0 aliphatic heterocycles. The van der Waals surface area contributed by atoms with Crippen molar-refractivity contribution in [2.24, 2.45) is 5.73 Å². The van der Waals surface area contributed by atoms with Crippen LogP contribution in [0.5, 0.6) is 5.88 Å². The zero-order valence-corrected chi connectivity index (χ0v) is 15.5. The molecule has 8 heteroatoms. The Morgan fingerprint density at radius 1 is 1.32 bits per heavy atom. The molecule has 0 bridgehead atoms. The quantitative estimate of drug-likeness (QED) is 0.461. The summed E-state index contributed by atoms with van der Waals surface area (Å²) in [5.41, 5.74) is 7.68. The van der Waals surface area contributed by atoms with Gasteiger partial charge in [-0.2, -0.15) is 0 Å². The SMILES string of the molecule is Cc1cccc(Nc2nc(NC3CCCC(F)(F)[C@@H]3N)cc3c[nH]c(O)c23)c1. The van der Waals surface area contributed by atoms with Crippen LogP contribution in [0.3, 0.4) is 0 Å². The van der Waals surface area contributed by atoms with E-state index in [1.807, 2.05) is 31.2 Å². The van der Waals surface area contributed by atoms with Gasteiger partial charge in [-0.05, 0) is 43.5 Å². The van der Waals surface area contributed by atoms with E-state index in [4.69, 9.17) is 5.73 Å². The molecule has 6 N–H and O–H groups in total. The van der Waals surface area contributed by atoms with Crippen LogP contribution in [0.15, 0.2) is 36.5 Å². The van der Waals surface area contributed by atoms with Crippen LogP contribution in [0.1, 0.15) is 24.8 Å². The first kappa shape index (κ1) is 18.5. The van der Waals surface area contributed by atoms with Gasteiger partial charge in [-0.15, -0.1) is 0 Å². The first-order valence-corrected chi connectivity index (χ1v) is 9.28. The number of hydrogen-bond acceptors (Lipinski definition) is 5. The van der Waals surface area contributed by atoms with E-state index >= 15 is 0 Å². The Labute approximate surface area is 161 Å². The number of H-pyrrole nitrogens is 1. The lowest BCUT2D eigenvalue weighted by Crippen LogP contribution is -2.55. The van der Waals surface area contributed by atoms with Gasteiger partial charge in [-0.1, -0.05) is 12.1 Å². The van der Waals surface area contributed by atoms with E-state index in [1.165, 1.54) is 0 Å². The fourth-order valence-electron chi connectivity index (χ4n) is 3.72. The van der Waals surface area contributed by atoms with Gasteiger partial charge in [0.05, 0.1) is 11.4 Å². The Bertz CT molecular complexity index is 1000. The highest BCUT2D eigenvalue weighted by atomic mass is 19.3. The largest absolute Gasteiger partial charge is 0.494 e. The van der Waals surface area contributed by atoms with E-state index in [1.54, 1.807) is 12.3 Å². The van der Waals surface area contributed by atoms with Gasteiger partial charge in [0.2, 0.25) is 0 Å². The molecule has 0 radical (unpaired) electrons. The molecule has 1 fully saturated rings. The van der Waals surface area contributed by atoms with E-state index in [0.29, 0.717) is 35.2 Å². The number of aryl methyl sites for hydroxylation is 1. The summed E-state index contributed by atoms with van der Waals surface area (Å²) in [6, 6.07) is 7.60. The zero-order chi connectivity index (χ0) is 19.9. The average molecular weight is 387 g/mol. The van der Waals surface area contributed by atoms with E-state index in [-0.39, 0.29) is 12.3 Å². The first-order chi connectivity index (χ1) is 13.3. The molecule has 4 rings (SSSR count). The van der Waals surface area contributed by atoms with Crippen LogP contribution >= 0.6 is 0 Å². The predicted molar refractivity (Wildman–Crippen MR) is 106 cm³/mol. The van der Waals surface area contributed by atoms with Gasteiger partial charge in [-0.3, -0.25) is 0 Å². The topological polar surface area (TPSA) is 99.0 Å². The maximum atomic E-state index is 14.0. The molecule has 2 heterocycles. The second-order valence-electron chi connectivity index (χ2n) is 7.38. The molecule has 0 spiro atoms. The minimum absolute atomic E-state index is 0.00916. The van der Waals surface area contributed by atoms with Crippen molar-refractivity contribution in [2.75, 3.05) is 10.6 Å². The van der Waals surface area contributed by atoms with Crippen molar-refractivity contribution < 1.29 is 13.9 Å². The lowest BCUT2D eigenvalue weighted by molar-refractivity contribution is -0.0554. The van der Waals surface area contributed by atoms with Crippen molar-refractivity contribution in [1.82, 2.24) is 9.97 Å². The summed E-state index contributed by atoms with van der Waals surface area (Å²) >= 11 is 0. The molecule has 1 aliphatic rings. The molecule has 0 saturated heterocycles. The van der Waals surface area contributed by atoms with Crippen LogP contribution in [0.4, 0.5) is 26.1 Å². The van der Waals surface area contributed by atoms with E-state index in [0.717, 1.165) is 11.3 Å². The third-order valence-corrected chi connectivity index (χ3v) is 5.21. The minimum Gasteiger partial charge on any atom is -0.494 e. The van der Waals surface area contributed by atoms with Crippen LogP contribution in [-0.2, 0) is 0 Å². The smallest absolute Gasteiger partial charge is 0.264 e. The maximum absolute atomic E-state index is 14.0. The second kappa shape index (κ2) is 6.94. The molecular weight excluding hydrogens is 364 g/mol. The zero-order valence-electron chi connectivity index (χ0n) is 15.5. The molecule has 1 unspecified atom stereocenters. The summed E-state index contributed by atoms with van der Waals surface area (Å²) in [4.78, 5) is 7.30. The number of nitrogens with two attached hydrogens (primary N) is 1. The van der Waals surface area contributed by atoms with Gasteiger partial charge in [0.25, 0.3) is 5.92 Å². The monoisotopic (exact) mass is 387 g/mol. The molecule has 6 nitrogen and oxygen atoms in total. The molecule has 1 saturated carbocycles. The van der Waals surface area contributed by atoms with Crippen molar-refractivity contribution in [3.8, 4) is 5.88 Å². The number of hydrogen-bond donors (Lipinski definition) is 5. The van der Waals surface area contributed by atoms with E-state index in [9.17, 15) is 13.9 Å². The van der Waals surface area contributed by atoms with Gasteiger partial charge in [0.15, 0.2) is 5.88 Å². The summed E-state index contributed by atoms with van der Waals surface area (Å²) in [7, 11) is 0. The number of halogens is 2. The molecule has 1 aliphatic carbocycles. The highest BCUT2D eigenvalue weighted by Gasteiger charge is 2.44. The number of pyridine rings is 1.